The van der Waals surface area contributed by atoms with Gasteiger partial charge < -0.3 is 18.9 Å². The first-order valence-electron chi connectivity index (χ1n) is 8.18. The second kappa shape index (κ2) is 6.70. The lowest BCUT2D eigenvalue weighted by atomic mass is 10.1. The predicted octanol–water partition coefficient (Wildman–Crippen LogP) is 1.67. The van der Waals surface area contributed by atoms with E-state index in [2.05, 4.69) is 10.1 Å². The van der Waals surface area contributed by atoms with Gasteiger partial charge in [-0.05, 0) is 6.42 Å². The van der Waals surface area contributed by atoms with Gasteiger partial charge in [-0.15, -0.1) is 0 Å². The molecule has 0 spiro atoms. The van der Waals surface area contributed by atoms with Crippen molar-refractivity contribution in [3.05, 3.63) is 36.2 Å². The molecule has 1 amide bonds. The Bertz CT molecular complexity index is 697. The van der Waals surface area contributed by atoms with Crippen molar-refractivity contribution in [2.45, 2.75) is 12.5 Å². The molecule has 7 nitrogen and oxygen atoms in total. The van der Waals surface area contributed by atoms with Crippen LogP contribution in [0.4, 0.5) is 0 Å². The lowest BCUT2D eigenvalue weighted by Crippen LogP contribution is -2.46. The van der Waals surface area contributed by atoms with Crippen molar-refractivity contribution in [1.29, 1.82) is 0 Å². The fraction of sp³-hybridized carbons (Fsp3) is 0.471. The van der Waals surface area contributed by atoms with Crippen LogP contribution in [0.5, 0.6) is 0 Å². The first-order valence-corrected chi connectivity index (χ1v) is 8.18. The van der Waals surface area contributed by atoms with Crippen LogP contribution in [-0.2, 0) is 14.3 Å². The van der Waals surface area contributed by atoms with E-state index in [0.717, 1.165) is 12.0 Å². The Labute approximate surface area is 139 Å². The molecular weight excluding hydrogens is 310 g/mol. The normalized spacial score (nSPS) is 24.2. The lowest BCUT2D eigenvalue weighted by Gasteiger charge is -2.34. The van der Waals surface area contributed by atoms with E-state index in [1.165, 1.54) is 0 Å². The van der Waals surface area contributed by atoms with Gasteiger partial charge >= 0.3 is 0 Å². The maximum absolute atomic E-state index is 12.8. The maximum Gasteiger partial charge on any atom is 0.252 e. The second-order valence-corrected chi connectivity index (χ2v) is 6.01. The van der Waals surface area contributed by atoms with Gasteiger partial charge in [-0.25, -0.2) is 0 Å². The van der Waals surface area contributed by atoms with Gasteiger partial charge in [0.15, 0.2) is 0 Å². The summed E-state index contributed by atoms with van der Waals surface area (Å²) in [6.45, 7) is 2.56. The lowest BCUT2D eigenvalue weighted by molar-refractivity contribution is -0.145. The van der Waals surface area contributed by atoms with Gasteiger partial charge in [-0.3, -0.25) is 4.79 Å². The largest absolute Gasteiger partial charge is 0.381 e. The number of aromatic nitrogens is 2. The molecule has 1 aromatic heterocycles. The molecule has 2 aliphatic heterocycles. The Morgan fingerprint density at radius 1 is 1.12 bits per heavy atom. The molecule has 2 aromatic rings. The zero-order valence-corrected chi connectivity index (χ0v) is 13.3. The molecule has 7 heteroatoms. The van der Waals surface area contributed by atoms with E-state index in [0.29, 0.717) is 44.7 Å². The Kier molecular flexibility index (Phi) is 4.27. The minimum Gasteiger partial charge on any atom is -0.381 e. The summed E-state index contributed by atoms with van der Waals surface area (Å²) >= 11 is 0. The van der Waals surface area contributed by atoms with Crippen LogP contribution < -0.4 is 0 Å². The van der Waals surface area contributed by atoms with Crippen LogP contribution in [-0.4, -0.2) is 53.9 Å². The van der Waals surface area contributed by atoms with Crippen LogP contribution in [0, 0.1) is 5.92 Å². The van der Waals surface area contributed by atoms with Crippen molar-refractivity contribution < 1.29 is 18.8 Å². The van der Waals surface area contributed by atoms with E-state index in [1.54, 1.807) is 4.90 Å². The van der Waals surface area contributed by atoms with Crippen molar-refractivity contribution in [3.63, 3.8) is 0 Å². The number of ether oxygens (including phenoxy) is 2. The fourth-order valence-corrected chi connectivity index (χ4v) is 3.11. The molecule has 0 N–H and O–H groups in total. The monoisotopic (exact) mass is 329 g/mol. The van der Waals surface area contributed by atoms with E-state index in [9.17, 15) is 4.79 Å². The first-order chi connectivity index (χ1) is 11.8. The Morgan fingerprint density at radius 3 is 2.75 bits per heavy atom. The molecule has 0 unspecified atom stereocenters. The molecular formula is C17H19N3O4. The minimum atomic E-state index is -0.336. The number of morpholine rings is 1. The van der Waals surface area contributed by atoms with Gasteiger partial charge in [-0.1, -0.05) is 35.5 Å². The third-order valence-corrected chi connectivity index (χ3v) is 4.45. The molecule has 2 fully saturated rings. The first kappa shape index (κ1) is 15.3. The van der Waals surface area contributed by atoms with Crippen molar-refractivity contribution in [2.24, 2.45) is 5.92 Å². The number of hydrogen-bond acceptors (Lipinski definition) is 6. The highest BCUT2D eigenvalue weighted by Gasteiger charge is 2.37. The van der Waals surface area contributed by atoms with Crippen LogP contribution in [0.25, 0.3) is 11.4 Å². The van der Waals surface area contributed by atoms with E-state index in [1.807, 2.05) is 30.3 Å². The van der Waals surface area contributed by atoms with Crippen molar-refractivity contribution in [2.75, 3.05) is 33.0 Å². The quantitative estimate of drug-likeness (QED) is 0.852. The summed E-state index contributed by atoms with van der Waals surface area (Å²) in [5.74, 6) is 0.941. The minimum absolute atomic E-state index is 0.0814. The average Bonchev–Trinajstić information content (AvgIpc) is 3.34. The van der Waals surface area contributed by atoms with Crippen molar-refractivity contribution in [1.82, 2.24) is 15.0 Å². The summed E-state index contributed by atoms with van der Waals surface area (Å²) in [6, 6.07) is 9.28. The molecule has 2 saturated heterocycles. The van der Waals surface area contributed by atoms with E-state index >= 15 is 0 Å². The number of carbonyl (C=O) groups excluding carboxylic acids is 1. The van der Waals surface area contributed by atoms with Gasteiger partial charge in [0.25, 0.3) is 5.89 Å². The Balaban J connectivity index is 1.57. The van der Waals surface area contributed by atoms with E-state index in [-0.39, 0.29) is 17.9 Å². The highest BCUT2D eigenvalue weighted by molar-refractivity contribution is 5.79. The smallest absolute Gasteiger partial charge is 0.252 e. The molecule has 0 radical (unpaired) electrons. The second-order valence-electron chi connectivity index (χ2n) is 6.01. The summed E-state index contributed by atoms with van der Waals surface area (Å²) in [6.07, 6.45) is 0.766. The molecule has 2 atom stereocenters. The highest BCUT2D eigenvalue weighted by atomic mass is 16.5. The summed E-state index contributed by atoms with van der Waals surface area (Å²) in [4.78, 5) is 19.0. The van der Waals surface area contributed by atoms with Crippen LogP contribution in [0.3, 0.4) is 0 Å². The maximum atomic E-state index is 12.8. The summed E-state index contributed by atoms with van der Waals surface area (Å²) in [7, 11) is 0. The number of carbonyl (C=O) groups is 1. The van der Waals surface area contributed by atoms with Gasteiger partial charge in [0.1, 0.15) is 6.04 Å². The Hall–Kier alpha value is -2.25. The van der Waals surface area contributed by atoms with E-state index in [4.69, 9.17) is 14.0 Å². The third kappa shape index (κ3) is 2.92. The van der Waals surface area contributed by atoms with Crippen LogP contribution >= 0.6 is 0 Å². The van der Waals surface area contributed by atoms with Crippen molar-refractivity contribution in [3.8, 4) is 11.4 Å². The zero-order chi connectivity index (χ0) is 16.4. The summed E-state index contributed by atoms with van der Waals surface area (Å²) in [5.41, 5.74) is 0.881. The SMILES string of the molecule is O=C([C@H]1CCOC1)N1CCOC[C@@H]1c1nc(-c2ccccc2)no1. The number of benzene rings is 1. The zero-order valence-electron chi connectivity index (χ0n) is 13.3. The molecule has 3 heterocycles. The summed E-state index contributed by atoms with van der Waals surface area (Å²) in [5, 5.41) is 4.05. The third-order valence-electron chi connectivity index (χ3n) is 4.45. The number of rotatable bonds is 3. The Morgan fingerprint density at radius 2 is 1.96 bits per heavy atom. The predicted molar refractivity (Wildman–Crippen MR) is 83.9 cm³/mol. The molecule has 0 aliphatic carbocycles. The fourth-order valence-electron chi connectivity index (χ4n) is 3.11. The van der Waals surface area contributed by atoms with Crippen molar-refractivity contribution >= 4 is 5.91 Å². The number of amides is 1. The van der Waals surface area contributed by atoms with Gasteiger partial charge in [0.2, 0.25) is 11.7 Å². The molecule has 4 rings (SSSR count). The highest BCUT2D eigenvalue weighted by Crippen LogP contribution is 2.28. The average molecular weight is 329 g/mol. The molecule has 126 valence electrons. The summed E-state index contributed by atoms with van der Waals surface area (Å²) < 4.78 is 16.3. The van der Waals surface area contributed by atoms with Gasteiger partial charge in [-0.2, -0.15) is 4.98 Å². The van der Waals surface area contributed by atoms with Gasteiger partial charge in [0, 0.05) is 18.7 Å². The topological polar surface area (TPSA) is 77.7 Å². The number of hydrogen-bond donors (Lipinski definition) is 0. The van der Waals surface area contributed by atoms with Crippen LogP contribution in [0.2, 0.25) is 0 Å². The van der Waals surface area contributed by atoms with Crippen LogP contribution in [0.15, 0.2) is 34.9 Å². The standard InChI is InChI=1S/C17H19N3O4/c21-17(13-6-8-22-10-13)20-7-9-23-11-14(20)16-18-15(19-24-16)12-4-2-1-3-5-12/h1-5,13-14H,6-11H2/t13-,14+/m0/s1. The molecule has 2 aliphatic rings. The molecule has 0 bridgehead atoms. The van der Waals surface area contributed by atoms with Gasteiger partial charge in [0.05, 0.1) is 25.7 Å². The molecule has 24 heavy (non-hydrogen) atoms. The molecule has 1 aromatic carbocycles. The van der Waals surface area contributed by atoms with Crippen LogP contribution in [0.1, 0.15) is 18.4 Å². The van der Waals surface area contributed by atoms with E-state index < -0.39 is 0 Å². The molecule has 0 saturated carbocycles. The number of nitrogens with zero attached hydrogens (tertiary/aromatic N) is 3.